The average molecular weight is 257 g/mol. The minimum atomic E-state index is -0.272. The van der Waals surface area contributed by atoms with Gasteiger partial charge in [0.05, 0.1) is 5.52 Å². The third-order valence-corrected chi connectivity index (χ3v) is 3.04. The van der Waals surface area contributed by atoms with Crippen molar-refractivity contribution in [1.82, 2.24) is 15.1 Å². The second kappa shape index (κ2) is 4.88. The van der Waals surface area contributed by atoms with Gasteiger partial charge < -0.3 is 4.90 Å². The van der Waals surface area contributed by atoms with Gasteiger partial charge in [0.2, 0.25) is 0 Å². The summed E-state index contributed by atoms with van der Waals surface area (Å²) in [6.45, 7) is 10.2. The molecule has 0 radical (unpaired) electrons. The highest BCUT2D eigenvalue weighted by Gasteiger charge is 2.28. The van der Waals surface area contributed by atoms with Gasteiger partial charge in [-0.25, -0.2) is 0 Å². The molecule has 0 unspecified atom stereocenters. The average Bonchev–Trinajstić information content (AvgIpc) is 2.77. The number of fused-ring (bicyclic) bond motifs is 1. The van der Waals surface area contributed by atoms with Crippen LogP contribution in [0.25, 0.3) is 10.9 Å². The van der Waals surface area contributed by atoms with Crippen molar-refractivity contribution in [3.8, 4) is 0 Å². The van der Waals surface area contributed by atoms with Crippen LogP contribution in [0.5, 0.6) is 0 Å². The van der Waals surface area contributed by atoms with Crippen LogP contribution in [-0.2, 0) is 0 Å². The molecule has 1 N–H and O–H groups in total. The van der Waals surface area contributed by atoms with Crippen LogP contribution in [0, 0.1) is 0 Å². The molecular weight excluding hydrogens is 238 g/mol. The van der Waals surface area contributed by atoms with Gasteiger partial charge in [-0.2, -0.15) is 5.10 Å². The molecule has 0 aliphatic carbocycles. The third kappa shape index (κ3) is 2.52. The Morgan fingerprint density at radius 1 is 1.42 bits per heavy atom. The maximum atomic E-state index is 12.7. The number of nitrogens with one attached hydrogen (secondary N) is 1. The SMILES string of the molecule is C=CCN(C(=O)c1n[nH]c2ccccc12)C(C)(C)C. The topological polar surface area (TPSA) is 49.0 Å². The molecule has 4 nitrogen and oxygen atoms in total. The second-order valence-corrected chi connectivity index (χ2v) is 5.49. The summed E-state index contributed by atoms with van der Waals surface area (Å²) >= 11 is 0. The number of aromatic nitrogens is 2. The van der Waals surface area contributed by atoms with Crippen molar-refractivity contribution in [2.24, 2.45) is 0 Å². The smallest absolute Gasteiger partial charge is 0.275 e. The normalized spacial score (nSPS) is 11.5. The number of carbonyl (C=O) groups excluding carboxylic acids is 1. The van der Waals surface area contributed by atoms with E-state index in [0.29, 0.717) is 12.2 Å². The van der Waals surface area contributed by atoms with Crippen molar-refractivity contribution in [2.45, 2.75) is 26.3 Å². The molecule has 19 heavy (non-hydrogen) atoms. The van der Waals surface area contributed by atoms with E-state index in [2.05, 4.69) is 16.8 Å². The van der Waals surface area contributed by atoms with Crippen molar-refractivity contribution in [3.05, 3.63) is 42.6 Å². The summed E-state index contributed by atoms with van der Waals surface area (Å²) in [6, 6.07) is 7.64. The standard InChI is InChI=1S/C15H19N3O/c1-5-10-18(15(2,3)4)14(19)13-11-8-6-7-9-12(11)16-17-13/h5-9H,1,10H2,2-4H3,(H,16,17). The second-order valence-electron chi connectivity index (χ2n) is 5.49. The Morgan fingerprint density at radius 2 is 2.11 bits per heavy atom. The molecule has 0 bridgehead atoms. The molecule has 1 aromatic heterocycles. The van der Waals surface area contributed by atoms with E-state index in [1.54, 1.807) is 11.0 Å². The minimum absolute atomic E-state index is 0.0788. The number of benzene rings is 1. The van der Waals surface area contributed by atoms with Gasteiger partial charge in [-0.3, -0.25) is 9.89 Å². The third-order valence-electron chi connectivity index (χ3n) is 3.04. The summed E-state index contributed by atoms with van der Waals surface area (Å²) in [5.74, 6) is -0.0788. The highest BCUT2D eigenvalue weighted by molar-refractivity contribution is 6.04. The number of nitrogens with zero attached hydrogens (tertiary/aromatic N) is 2. The molecule has 0 atom stereocenters. The van der Waals surface area contributed by atoms with E-state index in [0.717, 1.165) is 10.9 Å². The number of rotatable bonds is 3. The Hall–Kier alpha value is -2.10. The molecule has 1 aromatic carbocycles. The van der Waals surface area contributed by atoms with Crippen LogP contribution in [0.4, 0.5) is 0 Å². The Bertz CT molecular complexity index is 607. The molecule has 0 aliphatic heterocycles. The van der Waals surface area contributed by atoms with E-state index in [-0.39, 0.29) is 11.4 Å². The first-order valence-electron chi connectivity index (χ1n) is 6.31. The van der Waals surface area contributed by atoms with Gasteiger partial charge in [-0.05, 0) is 26.8 Å². The molecule has 2 aromatic rings. The molecule has 0 saturated carbocycles. The lowest BCUT2D eigenvalue weighted by atomic mass is 10.0. The highest BCUT2D eigenvalue weighted by atomic mass is 16.2. The lowest BCUT2D eigenvalue weighted by Gasteiger charge is -2.34. The van der Waals surface area contributed by atoms with Gasteiger partial charge in [0.1, 0.15) is 0 Å². The summed E-state index contributed by atoms with van der Waals surface area (Å²) in [5, 5.41) is 7.91. The van der Waals surface area contributed by atoms with Gasteiger partial charge >= 0.3 is 0 Å². The maximum absolute atomic E-state index is 12.7. The summed E-state index contributed by atoms with van der Waals surface area (Å²) in [7, 11) is 0. The monoisotopic (exact) mass is 257 g/mol. The molecule has 0 spiro atoms. The summed E-state index contributed by atoms with van der Waals surface area (Å²) in [5.41, 5.74) is 1.07. The van der Waals surface area contributed by atoms with E-state index in [1.807, 2.05) is 45.0 Å². The predicted molar refractivity (Wildman–Crippen MR) is 77.1 cm³/mol. The van der Waals surface area contributed by atoms with Crippen LogP contribution >= 0.6 is 0 Å². The molecule has 1 amide bonds. The zero-order valence-corrected chi connectivity index (χ0v) is 11.6. The van der Waals surface area contributed by atoms with Crippen LogP contribution < -0.4 is 0 Å². The van der Waals surface area contributed by atoms with Crippen molar-refractivity contribution >= 4 is 16.8 Å². The summed E-state index contributed by atoms with van der Waals surface area (Å²) in [4.78, 5) is 14.4. The minimum Gasteiger partial charge on any atom is -0.329 e. The van der Waals surface area contributed by atoms with Crippen LogP contribution in [0.15, 0.2) is 36.9 Å². The Kier molecular flexibility index (Phi) is 3.42. The lowest BCUT2D eigenvalue weighted by molar-refractivity contribution is 0.0612. The highest BCUT2D eigenvalue weighted by Crippen LogP contribution is 2.21. The first kappa shape index (κ1) is 13.3. The summed E-state index contributed by atoms with van der Waals surface area (Å²) < 4.78 is 0. The van der Waals surface area contributed by atoms with Gasteiger partial charge in [0.25, 0.3) is 5.91 Å². The van der Waals surface area contributed by atoms with E-state index in [1.165, 1.54) is 0 Å². The van der Waals surface area contributed by atoms with E-state index < -0.39 is 0 Å². The molecular formula is C15H19N3O. The Balaban J connectivity index is 2.44. The van der Waals surface area contributed by atoms with Gasteiger partial charge in [0, 0.05) is 17.5 Å². The van der Waals surface area contributed by atoms with Crippen LogP contribution in [0.3, 0.4) is 0 Å². The quantitative estimate of drug-likeness (QED) is 0.859. The molecule has 2 rings (SSSR count). The maximum Gasteiger partial charge on any atom is 0.275 e. The van der Waals surface area contributed by atoms with Crippen molar-refractivity contribution in [2.75, 3.05) is 6.54 Å². The van der Waals surface area contributed by atoms with Crippen molar-refractivity contribution in [3.63, 3.8) is 0 Å². The van der Waals surface area contributed by atoms with Gasteiger partial charge in [0.15, 0.2) is 5.69 Å². The number of H-pyrrole nitrogens is 1. The van der Waals surface area contributed by atoms with E-state index >= 15 is 0 Å². The number of amides is 1. The molecule has 4 heteroatoms. The largest absolute Gasteiger partial charge is 0.329 e. The molecule has 0 fully saturated rings. The van der Waals surface area contributed by atoms with Crippen LogP contribution in [0.2, 0.25) is 0 Å². The molecule has 1 heterocycles. The molecule has 0 saturated heterocycles. The number of hydrogen-bond acceptors (Lipinski definition) is 2. The van der Waals surface area contributed by atoms with Crippen molar-refractivity contribution < 1.29 is 4.79 Å². The number of hydrogen-bond donors (Lipinski definition) is 1. The van der Waals surface area contributed by atoms with Gasteiger partial charge in [-0.15, -0.1) is 6.58 Å². The van der Waals surface area contributed by atoms with Crippen LogP contribution in [-0.4, -0.2) is 33.1 Å². The van der Waals surface area contributed by atoms with E-state index in [4.69, 9.17) is 0 Å². The number of para-hydroxylation sites is 1. The number of aromatic amines is 1. The van der Waals surface area contributed by atoms with E-state index in [9.17, 15) is 4.79 Å². The first-order valence-corrected chi connectivity index (χ1v) is 6.31. The summed E-state index contributed by atoms with van der Waals surface area (Å²) in [6.07, 6.45) is 1.73. The number of carbonyl (C=O) groups is 1. The Labute approximate surface area is 113 Å². The molecule has 100 valence electrons. The zero-order valence-electron chi connectivity index (χ0n) is 11.6. The zero-order chi connectivity index (χ0) is 14.0. The molecule has 0 aliphatic rings. The van der Waals surface area contributed by atoms with Gasteiger partial charge in [-0.1, -0.05) is 24.3 Å². The lowest BCUT2D eigenvalue weighted by Crippen LogP contribution is -2.45. The fraction of sp³-hybridized carbons (Fsp3) is 0.333. The first-order chi connectivity index (χ1) is 8.95. The Morgan fingerprint density at radius 3 is 2.74 bits per heavy atom. The fourth-order valence-electron chi connectivity index (χ4n) is 2.04. The van der Waals surface area contributed by atoms with Crippen LogP contribution in [0.1, 0.15) is 31.3 Å². The predicted octanol–water partition coefficient (Wildman–Crippen LogP) is 2.99. The fourth-order valence-corrected chi connectivity index (χ4v) is 2.04. The van der Waals surface area contributed by atoms with Crippen molar-refractivity contribution in [1.29, 1.82) is 0 Å².